The molecule has 1 aromatic heterocycles. The Kier molecular flexibility index (Phi) is 6.48. The number of likely N-dealkylation sites (tertiary alicyclic amines) is 1. The van der Waals surface area contributed by atoms with Crippen LogP contribution in [0.2, 0.25) is 0 Å². The Morgan fingerprint density at radius 2 is 1.86 bits per heavy atom. The zero-order chi connectivity index (χ0) is 26.4. The van der Waals surface area contributed by atoms with E-state index < -0.39 is 28.9 Å². The van der Waals surface area contributed by atoms with Crippen LogP contribution in [0.15, 0.2) is 27.8 Å². The van der Waals surface area contributed by atoms with E-state index in [1.54, 1.807) is 4.57 Å². The molecule has 37 heavy (non-hydrogen) atoms. The van der Waals surface area contributed by atoms with Crippen molar-refractivity contribution < 1.29 is 37.3 Å². The molecule has 0 bridgehead atoms. The smallest absolute Gasteiger partial charge is 0.475 e. The van der Waals surface area contributed by atoms with Crippen LogP contribution in [0.1, 0.15) is 30.7 Å². The Balaban J connectivity index is 0.000000355. The molecule has 1 atom stereocenters. The van der Waals surface area contributed by atoms with Crippen LogP contribution < -0.4 is 20.6 Å². The number of carboxylic acid groups (broad SMARTS) is 1. The number of ether oxygens (including phenoxy) is 3. The van der Waals surface area contributed by atoms with Crippen molar-refractivity contribution in [2.45, 2.75) is 57.3 Å². The molecule has 0 radical (unpaired) electrons. The number of halogens is 3. The van der Waals surface area contributed by atoms with Gasteiger partial charge in [0, 0.05) is 26.2 Å². The van der Waals surface area contributed by atoms with Crippen LogP contribution in [0.3, 0.4) is 0 Å². The third kappa shape index (κ3) is 5.49. The number of hydrogen-bond acceptors (Lipinski definition) is 8. The number of benzene rings is 1. The highest BCUT2D eigenvalue weighted by Crippen LogP contribution is 2.35. The Labute approximate surface area is 208 Å². The zero-order valence-electron chi connectivity index (χ0n) is 19.7. The van der Waals surface area contributed by atoms with E-state index in [4.69, 9.17) is 24.1 Å². The monoisotopic (exact) mass is 526 g/mol. The number of hydrogen-bond donors (Lipinski definition) is 1. The van der Waals surface area contributed by atoms with Crippen LogP contribution in [0.4, 0.5) is 13.2 Å². The SMILES string of the molecule is O=C(O)C(F)(F)F.O=c1c(=O)n2c(nn1CC1CC1)COC1(CCN(Cc3ccc4c(c3)OCO4)C1)C2. The maximum atomic E-state index is 12.8. The second kappa shape index (κ2) is 9.49. The molecular weight excluding hydrogens is 501 g/mol. The standard InChI is InChI=1S/C21H24N4O5.C2HF3O2/c26-19-20(27)25(9-14-1-2-14)22-18-10-30-21(12-24(18)19)5-6-23(11-21)8-15-3-4-16-17(7-15)29-13-28-16;3-2(4,5)1(6)7/h3-4,7,14H,1-2,5-6,8-13H2;(H,6,7). The first kappa shape index (κ1) is 25.3. The van der Waals surface area contributed by atoms with Gasteiger partial charge in [-0.15, -0.1) is 0 Å². The van der Waals surface area contributed by atoms with Crippen molar-refractivity contribution in [3.8, 4) is 11.5 Å². The topological polar surface area (TPSA) is 125 Å². The van der Waals surface area contributed by atoms with Crippen LogP contribution in [0.25, 0.3) is 0 Å². The quantitative estimate of drug-likeness (QED) is 0.588. The molecule has 11 nitrogen and oxygen atoms in total. The van der Waals surface area contributed by atoms with Crippen molar-refractivity contribution in [3.05, 3.63) is 50.3 Å². The second-order valence-electron chi connectivity index (χ2n) is 9.66. The summed E-state index contributed by atoms with van der Waals surface area (Å²) >= 11 is 0. The minimum absolute atomic E-state index is 0.262. The van der Waals surface area contributed by atoms with Crippen LogP contribution in [-0.4, -0.2) is 62.0 Å². The minimum atomic E-state index is -5.08. The van der Waals surface area contributed by atoms with Crippen LogP contribution in [-0.2, 0) is 35.8 Å². The van der Waals surface area contributed by atoms with Gasteiger partial charge in [-0.1, -0.05) is 6.07 Å². The summed E-state index contributed by atoms with van der Waals surface area (Å²) in [6, 6.07) is 6.00. The van der Waals surface area contributed by atoms with E-state index in [1.807, 2.05) is 18.2 Å². The normalized spacial score (nSPS) is 22.5. The fourth-order valence-electron chi connectivity index (χ4n) is 4.68. The number of aliphatic carboxylic acids is 1. The predicted octanol–water partition coefficient (Wildman–Crippen LogP) is 1.35. The van der Waals surface area contributed by atoms with Gasteiger partial charge in [-0.05, 0) is 42.9 Å². The highest BCUT2D eigenvalue weighted by atomic mass is 19.4. The molecule has 200 valence electrons. The van der Waals surface area contributed by atoms with E-state index in [2.05, 4.69) is 10.00 Å². The van der Waals surface area contributed by atoms with Crippen molar-refractivity contribution in [2.75, 3.05) is 19.9 Å². The molecule has 3 aliphatic heterocycles. The van der Waals surface area contributed by atoms with Crippen molar-refractivity contribution in [2.24, 2.45) is 5.92 Å². The third-order valence-corrected chi connectivity index (χ3v) is 6.77. The van der Waals surface area contributed by atoms with Gasteiger partial charge in [0.05, 0.1) is 6.54 Å². The lowest BCUT2D eigenvalue weighted by molar-refractivity contribution is -0.192. The molecule has 14 heteroatoms. The van der Waals surface area contributed by atoms with E-state index in [0.717, 1.165) is 49.4 Å². The van der Waals surface area contributed by atoms with Gasteiger partial charge in [-0.25, -0.2) is 9.48 Å². The van der Waals surface area contributed by atoms with E-state index in [0.29, 0.717) is 31.4 Å². The number of aromatic nitrogens is 3. The zero-order valence-corrected chi connectivity index (χ0v) is 19.7. The Bertz CT molecular complexity index is 1320. The molecule has 1 N–H and O–H groups in total. The predicted molar refractivity (Wildman–Crippen MR) is 119 cm³/mol. The van der Waals surface area contributed by atoms with E-state index in [1.165, 1.54) is 4.68 Å². The Hall–Kier alpha value is -3.39. The fourth-order valence-corrected chi connectivity index (χ4v) is 4.68. The molecule has 4 aliphatic rings. The first-order valence-electron chi connectivity index (χ1n) is 11.8. The number of alkyl halides is 3. The summed E-state index contributed by atoms with van der Waals surface area (Å²) in [6.45, 7) is 3.79. The molecule has 1 aliphatic carbocycles. The third-order valence-electron chi connectivity index (χ3n) is 6.77. The van der Waals surface area contributed by atoms with Crippen molar-refractivity contribution in [1.29, 1.82) is 0 Å². The van der Waals surface area contributed by atoms with Gasteiger partial charge in [-0.3, -0.25) is 19.1 Å². The van der Waals surface area contributed by atoms with Gasteiger partial charge < -0.3 is 19.3 Å². The second-order valence-corrected chi connectivity index (χ2v) is 9.66. The van der Waals surface area contributed by atoms with Gasteiger partial charge in [-0.2, -0.15) is 18.3 Å². The largest absolute Gasteiger partial charge is 0.490 e. The van der Waals surface area contributed by atoms with Crippen LogP contribution >= 0.6 is 0 Å². The summed E-state index contributed by atoms with van der Waals surface area (Å²) in [5.41, 5.74) is -0.297. The summed E-state index contributed by atoms with van der Waals surface area (Å²) in [5, 5.41) is 11.6. The first-order chi connectivity index (χ1) is 17.5. The molecule has 1 unspecified atom stereocenters. The number of carboxylic acids is 1. The molecule has 6 rings (SSSR count). The van der Waals surface area contributed by atoms with E-state index in [9.17, 15) is 22.8 Å². The van der Waals surface area contributed by atoms with Crippen molar-refractivity contribution in [1.82, 2.24) is 19.2 Å². The molecule has 2 aromatic rings. The lowest BCUT2D eigenvalue weighted by Gasteiger charge is -2.35. The van der Waals surface area contributed by atoms with Crippen molar-refractivity contribution in [3.63, 3.8) is 0 Å². The van der Waals surface area contributed by atoms with Crippen LogP contribution in [0.5, 0.6) is 11.5 Å². The molecule has 4 heterocycles. The summed E-state index contributed by atoms with van der Waals surface area (Å²) in [6.07, 6.45) is -2.06. The van der Waals surface area contributed by atoms with Crippen LogP contribution in [0, 0.1) is 5.92 Å². The lowest BCUT2D eigenvalue weighted by atomic mass is 10.0. The van der Waals surface area contributed by atoms with E-state index >= 15 is 0 Å². The summed E-state index contributed by atoms with van der Waals surface area (Å²) in [4.78, 5) is 36.5. The Morgan fingerprint density at radius 1 is 1.14 bits per heavy atom. The molecule has 1 spiro atoms. The van der Waals surface area contributed by atoms with Gasteiger partial charge in [0.25, 0.3) is 0 Å². The maximum absolute atomic E-state index is 12.8. The fraction of sp³-hybridized carbons (Fsp3) is 0.565. The number of rotatable bonds is 4. The molecule has 0 amide bonds. The van der Waals surface area contributed by atoms with Gasteiger partial charge in [0.1, 0.15) is 12.2 Å². The number of nitrogens with zero attached hydrogens (tertiary/aromatic N) is 4. The highest BCUT2D eigenvalue weighted by Gasteiger charge is 2.43. The lowest BCUT2D eigenvalue weighted by Crippen LogP contribution is -2.53. The summed E-state index contributed by atoms with van der Waals surface area (Å²) < 4.78 is 51.7. The molecule has 2 fully saturated rings. The van der Waals surface area contributed by atoms with Crippen molar-refractivity contribution >= 4 is 5.97 Å². The molecule has 1 saturated heterocycles. The average molecular weight is 526 g/mol. The molecule has 1 saturated carbocycles. The summed E-state index contributed by atoms with van der Waals surface area (Å²) in [5.74, 6) is -0.159. The van der Waals surface area contributed by atoms with E-state index in [-0.39, 0.29) is 13.4 Å². The minimum Gasteiger partial charge on any atom is -0.475 e. The summed E-state index contributed by atoms with van der Waals surface area (Å²) in [7, 11) is 0. The maximum Gasteiger partial charge on any atom is 0.490 e. The average Bonchev–Trinajstić information content (AvgIpc) is 3.40. The first-order valence-corrected chi connectivity index (χ1v) is 11.8. The molecule has 1 aromatic carbocycles. The molecular formula is C23H25F3N4O7. The van der Waals surface area contributed by atoms with Gasteiger partial charge >= 0.3 is 23.3 Å². The Morgan fingerprint density at radius 3 is 2.57 bits per heavy atom. The number of carbonyl (C=O) groups is 1. The number of fused-ring (bicyclic) bond motifs is 2. The highest BCUT2D eigenvalue weighted by molar-refractivity contribution is 5.73. The van der Waals surface area contributed by atoms with Gasteiger partial charge in [0.2, 0.25) is 6.79 Å². The van der Waals surface area contributed by atoms with Gasteiger partial charge in [0.15, 0.2) is 17.3 Å².